The summed E-state index contributed by atoms with van der Waals surface area (Å²) in [6.45, 7) is 1.88. The summed E-state index contributed by atoms with van der Waals surface area (Å²) in [5, 5.41) is 2.97. The number of hydrogen-bond donors (Lipinski definition) is 2. The molecule has 128 valence electrons. The van der Waals surface area contributed by atoms with Crippen molar-refractivity contribution in [2.24, 2.45) is 5.92 Å². The van der Waals surface area contributed by atoms with E-state index in [1.807, 2.05) is 0 Å². The molecule has 1 aliphatic carbocycles. The van der Waals surface area contributed by atoms with E-state index < -0.39 is 10.0 Å². The second-order valence-corrected chi connectivity index (χ2v) is 8.48. The maximum atomic E-state index is 12.1. The van der Waals surface area contributed by atoms with Gasteiger partial charge in [0.25, 0.3) is 0 Å². The normalized spacial score (nSPS) is 23.7. The Morgan fingerprint density at radius 3 is 2.59 bits per heavy atom. The molecule has 0 spiro atoms. The summed E-state index contributed by atoms with van der Waals surface area (Å²) in [6.07, 6.45) is 10.4. The van der Waals surface area contributed by atoms with Gasteiger partial charge in [0.05, 0.1) is 6.26 Å². The molecule has 2 fully saturated rings. The summed E-state index contributed by atoms with van der Waals surface area (Å²) >= 11 is 0. The Morgan fingerprint density at radius 1 is 1.18 bits per heavy atom. The summed E-state index contributed by atoms with van der Waals surface area (Å²) in [5.41, 5.74) is 0. The Bertz CT molecular complexity index is 461. The number of amides is 2. The minimum absolute atomic E-state index is 0.0635. The molecule has 1 saturated heterocycles. The van der Waals surface area contributed by atoms with E-state index in [-0.39, 0.29) is 12.1 Å². The van der Waals surface area contributed by atoms with Crippen LogP contribution < -0.4 is 10.0 Å². The number of urea groups is 1. The fraction of sp³-hybridized carbons (Fsp3) is 0.933. The molecule has 1 heterocycles. The Balaban J connectivity index is 1.65. The van der Waals surface area contributed by atoms with Gasteiger partial charge in [0.15, 0.2) is 0 Å². The first-order valence-electron chi connectivity index (χ1n) is 8.44. The Hall–Kier alpha value is -0.820. The van der Waals surface area contributed by atoms with Gasteiger partial charge >= 0.3 is 6.03 Å². The third kappa shape index (κ3) is 6.12. The van der Waals surface area contributed by atoms with Gasteiger partial charge in [0, 0.05) is 25.7 Å². The van der Waals surface area contributed by atoms with Gasteiger partial charge in [0.2, 0.25) is 10.0 Å². The van der Waals surface area contributed by atoms with Crippen LogP contribution >= 0.6 is 0 Å². The second kappa shape index (κ2) is 8.15. The summed E-state index contributed by atoms with van der Waals surface area (Å²) in [5.74, 6) is 0.857. The number of nitrogens with zero attached hydrogens (tertiary/aromatic N) is 1. The van der Waals surface area contributed by atoms with Crippen molar-refractivity contribution in [2.45, 2.75) is 57.4 Å². The lowest BCUT2D eigenvalue weighted by Crippen LogP contribution is -2.52. The van der Waals surface area contributed by atoms with E-state index in [1.165, 1.54) is 32.1 Å². The monoisotopic (exact) mass is 331 g/mol. The van der Waals surface area contributed by atoms with Crippen molar-refractivity contribution >= 4 is 16.1 Å². The number of hydrogen-bond acceptors (Lipinski definition) is 3. The molecule has 1 unspecified atom stereocenters. The van der Waals surface area contributed by atoms with Crippen molar-refractivity contribution < 1.29 is 13.2 Å². The topological polar surface area (TPSA) is 78.5 Å². The van der Waals surface area contributed by atoms with Gasteiger partial charge in [-0.2, -0.15) is 0 Å². The molecule has 1 aliphatic heterocycles. The lowest BCUT2D eigenvalue weighted by atomic mass is 10.0. The van der Waals surface area contributed by atoms with Crippen LogP contribution in [0.3, 0.4) is 0 Å². The second-order valence-electron chi connectivity index (χ2n) is 6.70. The molecule has 1 saturated carbocycles. The number of carbonyl (C=O) groups excluding carboxylic acids is 1. The lowest BCUT2D eigenvalue weighted by Gasteiger charge is -2.32. The summed E-state index contributed by atoms with van der Waals surface area (Å²) in [4.78, 5) is 13.9. The molecule has 0 aromatic rings. The van der Waals surface area contributed by atoms with Crippen LogP contribution in [-0.4, -0.2) is 51.3 Å². The highest BCUT2D eigenvalue weighted by Crippen LogP contribution is 2.28. The van der Waals surface area contributed by atoms with Crippen LogP contribution in [0.2, 0.25) is 0 Å². The predicted molar refractivity (Wildman–Crippen MR) is 87.2 cm³/mol. The molecule has 2 aliphatic rings. The van der Waals surface area contributed by atoms with Crippen LogP contribution in [0.15, 0.2) is 0 Å². The quantitative estimate of drug-likeness (QED) is 0.727. The van der Waals surface area contributed by atoms with Crippen LogP contribution in [0.5, 0.6) is 0 Å². The van der Waals surface area contributed by atoms with Gasteiger partial charge in [-0.15, -0.1) is 0 Å². The Labute approximate surface area is 134 Å². The molecular weight excluding hydrogens is 302 g/mol. The van der Waals surface area contributed by atoms with Crippen LogP contribution in [0, 0.1) is 5.92 Å². The average molecular weight is 331 g/mol. The molecule has 1 atom stereocenters. The summed E-state index contributed by atoms with van der Waals surface area (Å²) < 4.78 is 25.2. The lowest BCUT2D eigenvalue weighted by molar-refractivity contribution is 0.177. The highest BCUT2D eigenvalue weighted by atomic mass is 32.2. The molecule has 7 heteroatoms. The van der Waals surface area contributed by atoms with E-state index in [9.17, 15) is 13.2 Å². The number of sulfonamides is 1. The van der Waals surface area contributed by atoms with Crippen molar-refractivity contribution in [2.75, 3.05) is 25.9 Å². The van der Waals surface area contributed by atoms with E-state index in [4.69, 9.17) is 0 Å². The van der Waals surface area contributed by atoms with Gasteiger partial charge < -0.3 is 10.2 Å². The highest BCUT2D eigenvalue weighted by Gasteiger charge is 2.25. The average Bonchev–Trinajstić information content (AvgIpc) is 2.95. The van der Waals surface area contributed by atoms with Crippen molar-refractivity contribution in [1.82, 2.24) is 14.9 Å². The van der Waals surface area contributed by atoms with Crippen molar-refractivity contribution in [3.63, 3.8) is 0 Å². The van der Waals surface area contributed by atoms with Crippen LogP contribution in [0.25, 0.3) is 0 Å². The third-order valence-corrected chi connectivity index (χ3v) is 5.39. The fourth-order valence-electron chi connectivity index (χ4n) is 3.56. The molecule has 6 nitrogen and oxygen atoms in total. The molecule has 22 heavy (non-hydrogen) atoms. The van der Waals surface area contributed by atoms with Gasteiger partial charge in [-0.05, 0) is 31.6 Å². The van der Waals surface area contributed by atoms with Gasteiger partial charge in [-0.1, -0.05) is 25.7 Å². The van der Waals surface area contributed by atoms with Gasteiger partial charge in [-0.25, -0.2) is 17.9 Å². The largest absolute Gasteiger partial charge is 0.338 e. The zero-order valence-corrected chi connectivity index (χ0v) is 14.3. The molecule has 0 radical (unpaired) electrons. The van der Waals surface area contributed by atoms with Crippen LogP contribution in [0.1, 0.15) is 51.4 Å². The smallest absolute Gasteiger partial charge is 0.317 e. The van der Waals surface area contributed by atoms with E-state index in [0.29, 0.717) is 13.1 Å². The minimum atomic E-state index is -3.21. The summed E-state index contributed by atoms with van der Waals surface area (Å²) in [6, 6.07) is -0.223. The Morgan fingerprint density at radius 2 is 1.91 bits per heavy atom. The first-order valence-corrected chi connectivity index (χ1v) is 10.3. The van der Waals surface area contributed by atoms with Crippen molar-refractivity contribution in [3.05, 3.63) is 0 Å². The fourth-order valence-corrected chi connectivity index (χ4v) is 4.36. The predicted octanol–water partition coefficient (Wildman–Crippen LogP) is 1.68. The minimum Gasteiger partial charge on any atom is -0.338 e. The number of likely N-dealkylation sites (tertiary alicyclic amines) is 1. The molecule has 2 rings (SSSR count). The van der Waals surface area contributed by atoms with Crippen LogP contribution in [0.4, 0.5) is 4.79 Å². The SMILES string of the molecule is CS(=O)(=O)NC1CCCN(C(=O)NCCCC2CCCC2)C1. The first kappa shape index (κ1) is 17.5. The zero-order chi connectivity index (χ0) is 16.0. The Kier molecular flexibility index (Phi) is 6.50. The molecular formula is C15H29N3O3S. The molecule has 0 aromatic carbocycles. The number of carbonyl (C=O) groups is 1. The maximum absolute atomic E-state index is 12.1. The van der Waals surface area contributed by atoms with E-state index in [0.717, 1.165) is 38.0 Å². The number of piperidine rings is 1. The highest BCUT2D eigenvalue weighted by molar-refractivity contribution is 7.88. The molecule has 0 bridgehead atoms. The van der Waals surface area contributed by atoms with Gasteiger partial charge in [0.1, 0.15) is 0 Å². The number of rotatable bonds is 6. The summed E-state index contributed by atoms with van der Waals surface area (Å²) in [7, 11) is -3.21. The van der Waals surface area contributed by atoms with E-state index in [2.05, 4.69) is 10.0 Å². The van der Waals surface area contributed by atoms with E-state index in [1.54, 1.807) is 4.90 Å². The number of nitrogens with one attached hydrogen (secondary N) is 2. The zero-order valence-electron chi connectivity index (χ0n) is 13.5. The molecule has 2 N–H and O–H groups in total. The van der Waals surface area contributed by atoms with Gasteiger partial charge in [-0.3, -0.25) is 0 Å². The molecule has 2 amide bonds. The third-order valence-electron chi connectivity index (χ3n) is 4.63. The first-order chi connectivity index (χ1) is 10.4. The van der Waals surface area contributed by atoms with Crippen LogP contribution in [-0.2, 0) is 10.0 Å². The maximum Gasteiger partial charge on any atom is 0.317 e. The van der Waals surface area contributed by atoms with Crippen molar-refractivity contribution in [1.29, 1.82) is 0 Å². The van der Waals surface area contributed by atoms with E-state index >= 15 is 0 Å². The molecule has 0 aromatic heterocycles. The standard InChI is InChI=1S/C15H29N3O3S/c1-22(20,21)17-14-9-5-11-18(12-14)15(19)16-10-4-8-13-6-2-3-7-13/h13-14,17H,2-12H2,1H3,(H,16,19). The van der Waals surface area contributed by atoms with Crippen molar-refractivity contribution in [3.8, 4) is 0 Å².